The van der Waals surface area contributed by atoms with Crippen LogP contribution in [0.4, 0.5) is 5.69 Å². The van der Waals surface area contributed by atoms with E-state index in [1.807, 2.05) is 0 Å². The zero-order valence-electron chi connectivity index (χ0n) is 10.7. The summed E-state index contributed by atoms with van der Waals surface area (Å²) in [4.78, 5) is 10.2. The molecule has 0 radical (unpaired) electrons. The molecule has 1 aliphatic carbocycles. The fourth-order valence-corrected chi connectivity index (χ4v) is 3.00. The summed E-state index contributed by atoms with van der Waals surface area (Å²) in [5.74, 6) is 0.414. The fourth-order valence-electron chi connectivity index (χ4n) is 2.73. The molecule has 104 valence electrons. The molecule has 0 heterocycles. The molecular formula is C14H18ClNO3. The number of aliphatic hydroxyl groups excluding tert-OH is 1. The first-order valence-electron chi connectivity index (χ1n) is 6.69. The second-order valence-corrected chi connectivity index (χ2v) is 5.59. The molecule has 1 atom stereocenters. The van der Waals surface area contributed by atoms with Crippen LogP contribution in [0.5, 0.6) is 0 Å². The molecule has 5 heteroatoms. The summed E-state index contributed by atoms with van der Waals surface area (Å²) in [6, 6.07) is 4.52. The van der Waals surface area contributed by atoms with Crippen molar-refractivity contribution in [3.05, 3.63) is 38.9 Å². The second kappa shape index (κ2) is 6.35. The van der Waals surface area contributed by atoms with Gasteiger partial charge in [-0.05, 0) is 37.2 Å². The Bertz CT molecular complexity index is 458. The van der Waals surface area contributed by atoms with E-state index in [0.29, 0.717) is 23.8 Å². The van der Waals surface area contributed by atoms with Gasteiger partial charge in [-0.1, -0.05) is 30.5 Å². The molecule has 1 fully saturated rings. The van der Waals surface area contributed by atoms with Crippen LogP contribution in [0.25, 0.3) is 0 Å². The number of aliphatic hydroxyl groups is 1. The van der Waals surface area contributed by atoms with Crippen molar-refractivity contribution < 1.29 is 10.0 Å². The minimum absolute atomic E-state index is 0.00471. The highest BCUT2D eigenvalue weighted by Crippen LogP contribution is 2.30. The van der Waals surface area contributed by atoms with E-state index in [9.17, 15) is 15.2 Å². The van der Waals surface area contributed by atoms with Gasteiger partial charge in [0.25, 0.3) is 5.69 Å². The minimum atomic E-state index is -0.455. The number of hydrogen-bond donors (Lipinski definition) is 1. The second-order valence-electron chi connectivity index (χ2n) is 5.18. The van der Waals surface area contributed by atoms with Crippen LogP contribution in [-0.4, -0.2) is 16.1 Å². The van der Waals surface area contributed by atoms with Crippen LogP contribution in [0.1, 0.15) is 37.7 Å². The van der Waals surface area contributed by atoms with Crippen LogP contribution in [0.15, 0.2) is 18.2 Å². The third-order valence-corrected chi connectivity index (χ3v) is 4.25. The highest BCUT2D eigenvalue weighted by molar-refractivity contribution is 6.31. The normalized spacial score (nSPS) is 17.6. The van der Waals surface area contributed by atoms with Crippen molar-refractivity contribution in [2.24, 2.45) is 5.92 Å². The Kier molecular flexibility index (Phi) is 4.77. The van der Waals surface area contributed by atoms with Crippen molar-refractivity contribution in [3.63, 3.8) is 0 Å². The third-order valence-electron chi connectivity index (χ3n) is 3.90. The van der Waals surface area contributed by atoms with Crippen molar-refractivity contribution in [3.8, 4) is 0 Å². The van der Waals surface area contributed by atoms with Crippen molar-refractivity contribution in [2.45, 2.75) is 44.6 Å². The van der Waals surface area contributed by atoms with Crippen LogP contribution >= 0.6 is 11.6 Å². The molecule has 1 saturated carbocycles. The first kappa shape index (κ1) is 14.3. The largest absolute Gasteiger partial charge is 0.393 e. The Hall–Kier alpha value is -1.13. The number of nitro benzene ring substituents is 1. The molecule has 1 N–H and O–H groups in total. The summed E-state index contributed by atoms with van der Waals surface area (Å²) in [5.41, 5.74) is 0.870. The highest BCUT2D eigenvalue weighted by Gasteiger charge is 2.23. The van der Waals surface area contributed by atoms with E-state index in [1.54, 1.807) is 6.07 Å². The van der Waals surface area contributed by atoms with Crippen LogP contribution in [-0.2, 0) is 6.42 Å². The molecule has 2 rings (SSSR count). The van der Waals surface area contributed by atoms with Crippen molar-refractivity contribution in [2.75, 3.05) is 0 Å². The summed E-state index contributed by atoms with van der Waals surface area (Å²) < 4.78 is 0. The Balaban J connectivity index is 1.93. The van der Waals surface area contributed by atoms with Gasteiger partial charge in [-0.25, -0.2) is 0 Å². The third kappa shape index (κ3) is 3.67. The summed E-state index contributed by atoms with van der Waals surface area (Å²) in [7, 11) is 0. The van der Waals surface area contributed by atoms with Gasteiger partial charge < -0.3 is 5.11 Å². The van der Waals surface area contributed by atoms with E-state index in [1.165, 1.54) is 25.0 Å². The molecule has 0 bridgehead atoms. The monoisotopic (exact) mass is 283 g/mol. The van der Waals surface area contributed by atoms with Crippen LogP contribution in [0, 0.1) is 16.0 Å². The minimum Gasteiger partial charge on any atom is -0.393 e. The lowest BCUT2D eigenvalue weighted by Crippen LogP contribution is -2.18. The van der Waals surface area contributed by atoms with Crippen molar-refractivity contribution in [1.82, 2.24) is 0 Å². The molecule has 0 aromatic heterocycles. The van der Waals surface area contributed by atoms with Gasteiger partial charge in [0.1, 0.15) is 0 Å². The molecule has 4 nitrogen and oxygen atoms in total. The Morgan fingerprint density at radius 1 is 1.42 bits per heavy atom. The van der Waals surface area contributed by atoms with Crippen molar-refractivity contribution in [1.29, 1.82) is 0 Å². The van der Waals surface area contributed by atoms with Gasteiger partial charge in [-0.3, -0.25) is 10.1 Å². The van der Waals surface area contributed by atoms with Gasteiger partial charge in [-0.15, -0.1) is 0 Å². The first-order chi connectivity index (χ1) is 9.08. The summed E-state index contributed by atoms with van der Waals surface area (Å²) in [6.07, 6.45) is 5.68. The predicted octanol–water partition coefficient (Wildman–Crippen LogP) is 3.73. The number of halogens is 1. The maximum Gasteiger partial charge on any atom is 0.270 e. The SMILES string of the molecule is O=[N+]([O-])c1ccc(CCC(O)C2CCCC2)c(Cl)c1. The van der Waals surface area contributed by atoms with E-state index in [4.69, 9.17) is 11.6 Å². The van der Waals surface area contributed by atoms with E-state index < -0.39 is 4.92 Å². The quantitative estimate of drug-likeness (QED) is 0.661. The molecule has 0 spiro atoms. The lowest BCUT2D eigenvalue weighted by atomic mass is 9.95. The molecule has 1 aromatic rings. The topological polar surface area (TPSA) is 63.4 Å². The van der Waals surface area contributed by atoms with E-state index >= 15 is 0 Å². The molecule has 1 aliphatic rings. The molecule has 19 heavy (non-hydrogen) atoms. The predicted molar refractivity (Wildman–Crippen MR) is 74.4 cm³/mol. The Morgan fingerprint density at radius 2 is 2.11 bits per heavy atom. The zero-order chi connectivity index (χ0) is 13.8. The van der Waals surface area contributed by atoms with Crippen molar-refractivity contribution >= 4 is 17.3 Å². The summed E-state index contributed by atoms with van der Waals surface area (Å²) in [5, 5.41) is 21.1. The number of hydrogen-bond acceptors (Lipinski definition) is 3. The average Bonchev–Trinajstić information content (AvgIpc) is 2.90. The standard InChI is InChI=1S/C14H18ClNO3/c15-13-9-12(16(18)19)7-5-10(13)6-8-14(17)11-3-1-2-4-11/h5,7,9,11,14,17H,1-4,6,8H2. The fraction of sp³-hybridized carbons (Fsp3) is 0.571. The van der Waals surface area contributed by atoms with Gasteiger partial charge in [-0.2, -0.15) is 0 Å². The van der Waals surface area contributed by atoms with Crippen LogP contribution < -0.4 is 0 Å². The van der Waals surface area contributed by atoms with Gasteiger partial charge in [0, 0.05) is 12.1 Å². The zero-order valence-corrected chi connectivity index (χ0v) is 11.5. The van der Waals surface area contributed by atoms with Gasteiger partial charge >= 0.3 is 0 Å². The smallest absolute Gasteiger partial charge is 0.270 e. The number of rotatable bonds is 5. The van der Waals surface area contributed by atoms with Gasteiger partial charge in [0.05, 0.1) is 16.0 Å². The lowest BCUT2D eigenvalue weighted by molar-refractivity contribution is -0.384. The molecule has 0 saturated heterocycles. The molecule has 1 unspecified atom stereocenters. The lowest BCUT2D eigenvalue weighted by Gasteiger charge is -2.17. The van der Waals surface area contributed by atoms with E-state index in [0.717, 1.165) is 18.4 Å². The van der Waals surface area contributed by atoms with Crippen LogP contribution in [0.3, 0.4) is 0 Å². The van der Waals surface area contributed by atoms with Crippen LogP contribution in [0.2, 0.25) is 5.02 Å². The molecule has 0 aliphatic heterocycles. The number of nitrogens with zero attached hydrogens (tertiary/aromatic N) is 1. The van der Waals surface area contributed by atoms with E-state index in [2.05, 4.69) is 0 Å². The molecule has 1 aromatic carbocycles. The number of non-ortho nitro benzene ring substituents is 1. The maximum atomic E-state index is 10.6. The summed E-state index contributed by atoms with van der Waals surface area (Å²) in [6.45, 7) is 0. The number of nitro groups is 1. The van der Waals surface area contributed by atoms with E-state index in [-0.39, 0.29) is 11.8 Å². The average molecular weight is 284 g/mol. The van der Waals surface area contributed by atoms with Gasteiger partial charge in [0.15, 0.2) is 0 Å². The Morgan fingerprint density at radius 3 is 2.68 bits per heavy atom. The number of benzene rings is 1. The Labute approximate surface area is 117 Å². The highest BCUT2D eigenvalue weighted by atomic mass is 35.5. The van der Waals surface area contributed by atoms with Gasteiger partial charge in [0.2, 0.25) is 0 Å². The maximum absolute atomic E-state index is 10.6. The molecular weight excluding hydrogens is 266 g/mol. The number of aryl methyl sites for hydroxylation is 1. The first-order valence-corrected chi connectivity index (χ1v) is 7.06. The summed E-state index contributed by atoms with van der Waals surface area (Å²) >= 11 is 6.03. The molecule has 0 amide bonds.